The number of carbonyl (C=O) groups excluding carboxylic acids is 1. The van der Waals surface area contributed by atoms with E-state index in [2.05, 4.69) is 5.32 Å². The number of amides is 1. The molecule has 1 atom stereocenters. The Bertz CT molecular complexity index is 341. The largest absolute Gasteiger partial charge is 0.394 e. The maximum absolute atomic E-state index is 11.1. The number of aliphatic hydroxyl groups excluding tert-OH is 1. The molecule has 2 N–H and O–H groups in total. The summed E-state index contributed by atoms with van der Waals surface area (Å²) in [6, 6.07) is 7.22. The summed E-state index contributed by atoms with van der Waals surface area (Å²) in [7, 11) is 0. The average Bonchev–Trinajstić information content (AvgIpc) is 2.26. The van der Waals surface area contributed by atoms with Crippen molar-refractivity contribution in [3.8, 4) is 0 Å². The second-order valence-corrected chi connectivity index (χ2v) is 3.56. The highest BCUT2D eigenvalue weighted by molar-refractivity contribution is 6.27. The van der Waals surface area contributed by atoms with Crippen molar-refractivity contribution < 1.29 is 9.90 Å². The van der Waals surface area contributed by atoms with E-state index in [0.717, 1.165) is 11.1 Å². The maximum Gasteiger partial charge on any atom is 0.235 e. The van der Waals surface area contributed by atoms with Crippen LogP contribution in [0.25, 0.3) is 0 Å². The van der Waals surface area contributed by atoms with Crippen LogP contribution in [0.5, 0.6) is 0 Å². The van der Waals surface area contributed by atoms with Gasteiger partial charge in [0.05, 0.1) is 12.6 Å². The zero-order valence-corrected chi connectivity index (χ0v) is 9.29. The normalized spacial score (nSPS) is 12.2. The minimum atomic E-state index is -0.377. The minimum Gasteiger partial charge on any atom is -0.394 e. The fraction of sp³-hybridized carbons (Fsp3) is 0.364. The molecule has 4 heteroatoms. The average molecular weight is 228 g/mol. The van der Waals surface area contributed by atoms with E-state index in [9.17, 15) is 9.90 Å². The molecule has 0 saturated heterocycles. The third kappa shape index (κ3) is 3.22. The summed E-state index contributed by atoms with van der Waals surface area (Å²) < 4.78 is 0. The molecule has 0 aliphatic heterocycles. The van der Waals surface area contributed by atoms with Gasteiger partial charge in [-0.1, -0.05) is 24.3 Å². The molecule has 15 heavy (non-hydrogen) atoms. The molecule has 1 aromatic carbocycles. The lowest BCUT2D eigenvalue weighted by Gasteiger charge is -2.17. The van der Waals surface area contributed by atoms with E-state index in [0.29, 0.717) is 0 Å². The van der Waals surface area contributed by atoms with E-state index < -0.39 is 0 Å². The van der Waals surface area contributed by atoms with Gasteiger partial charge in [-0.2, -0.15) is 0 Å². The summed E-state index contributed by atoms with van der Waals surface area (Å²) in [6.45, 7) is 1.80. The molecule has 0 aliphatic rings. The topological polar surface area (TPSA) is 49.3 Å². The Morgan fingerprint density at radius 1 is 1.53 bits per heavy atom. The summed E-state index contributed by atoms with van der Waals surface area (Å²) in [5, 5.41) is 11.8. The van der Waals surface area contributed by atoms with Crippen LogP contribution in [-0.2, 0) is 4.79 Å². The number of halogens is 1. The number of rotatable bonds is 4. The summed E-state index contributed by atoms with van der Waals surface area (Å²) >= 11 is 5.39. The fourth-order valence-corrected chi connectivity index (χ4v) is 1.51. The zero-order chi connectivity index (χ0) is 11.3. The first-order chi connectivity index (χ1) is 7.19. The van der Waals surface area contributed by atoms with Crippen molar-refractivity contribution in [2.75, 3.05) is 12.5 Å². The summed E-state index contributed by atoms with van der Waals surface area (Å²) in [4.78, 5) is 11.1. The lowest BCUT2D eigenvalue weighted by Crippen LogP contribution is -2.31. The van der Waals surface area contributed by atoms with Gasteiger partial charge < -0.3 is 10.4 Å². The molecule has 0 bridgehead atoms. The molecule has 3 nitrogen and oxygen atoms in total. The standard InChI is InChI=1S/C11H14ClNO2/c1-8-4-2-3-5-9(8)10(7-14)13-11(15)6-12/h2-5,10,14H,6-7H2,1H3,(H,13,15). The maximum atomic E-state index is 11.1. The number of hydrogen-bond donors (Lipinski definition) is 2. The molecule has 1 amide bonds. The van der Waals surface area contributed by atoms with Gasteiger partial charge in [0, 0.05) is 0 Å². The summed E-state index contributed by atoms with van der Waals surface area (Å²) in [5.74, 6) is -0.374. The molecular formula is C11H14ClNO2. The smallest absolute Gasteiger partial charge is 0.235 e. The van der Waals surface area contributed by atoms with Gasteiger partial charge in [-0.3, -0.25) is 4.79 Å². The Morgan fingerprint density at radius 2 is 2.20 bits per heavy atom. The molecule has 1 unspecified atom stereocenters. The first kappa shape index (κ1) is 12.0. The van der Waals surface area contributed by atoms with Crippen LogP contribution in [0.3, 0.4) is 0 Å². The van der Waals surface area contributed by atoms with E-state index in [1.807, 2.05) is 31.2 Å². The van der Waals surface area contributed by atoms with Crippen LogP contribution in [-0.4, -0.2) is 23.5 Å². The first-order valence-corrected chi connectivity index (χ1v) is 5.24. The molecule has 0 radical (unpaired) electrons. The van der Waals surface area contributed by atoms with Crippen LogP contribution < -0.4 is 5.32 Å². The Morgan fingerprint density at radius 3 is 2.73 bits per heavy atom. The van der Waals surface area contributed by atoms with Crippen molar-refractivity contribution in [2.24, 2.45) is 0 Å². The highest BCUT2D eigenvalue weighted by Gasteiger charge is 2.14. The molecule has 0 heterocycles. The van der Waals surface area contributed by atoms with E-state index in [4.69, 9.17) is 11.6 Å². The van der Waals surface area contributed by atoms with Crippen molar-refractivity contribution in [1.29, 1.82) is 0 Å². The number of aryl methyl sites for hydroxylation is 1. The van der Waals surface area contributed by atoms with Crippen LogP contribution in [0, 0.1) is 6.92 Å². The van der Waals surface area contributed by atoms with Crippen molar-refractivity contribution in [2.45, 2.75) is 13.0 Å². The molecule has 0 fully saturated rings. The number of nitrogens with one attached hydrogen (secondary N) is 1. The van der Waals surface area contributed by atoms with Gasteiger partial charge in [-0.05, 0) is 18.1 Å². The number of aliphatic hydroxyl groups is 1. The third-order valence-corrected chi connectivity index (χ3v) is 2.45. The third-order valence-electron chi connectivity index (χ3n) is 2.20. The predicted octanol–water partition coefficient (Wildman–Crippen LogP) is 1.38. The summed E-state index contributed by atoms with van der Waals surface area (Å²) in [6.07, 6.45) is 0. The van der Waals surface area contributed by atoms with Gasteiger partial charge >= 0.3 is 0 Å². The van der Waals surface area contributed by atoms with Crippen molar-refractivity contribution >= 4 is 17.5 Å². The molecule has 82 valence electrons. The van der Waals surface area contributed by atoms with Crippen LogP contribution in [0.1, 0.15) is 17.2 Å². The van der Waals surface area contributed by atoms with Gasteiger partial charge in [0.1, 0.15) is 5.88 Å². The Balaban J connectivity index is 2.83. The van der Waals surface area contributed by atoms with E-state index in [-0.39, 0.29) is 24.4 Å². The number of carbonyl (C=O) groups is 1. The van der Waals surface area contributed by atoms with Crippen molar-refractivity contribution in [3.63, 3.8) is 0 Å². The monoisotopic (exact) mass is 227 g/mol. The molecule has 1 rings (SSSR count). The molecule has 0 saturated carbocycles. The van der Waals surface area contributed by atoms with E-state index in [1.165, 1.54) is 0 Å². The van der Waals surface area contributed by atoms with Crippen molar-refractivity contribution in [1.82, 2.24) is 5.32 Å². The van der Waals surface area contributed by atoms with Gasteiger partial charge in [-0.25, -0.2) is 0 Å². The van der Waals surface area contributed by atoms with Crippen LogP contribution in [0.2, 0.25) is 0 Å². The lowest BCUT2D eigenvalue weighted by molar-refractivity contribution is -0.119. The van der Waals surface area contributed by atoms with Gasteiger partial charge in [0.25, 0.3) is 0 Å². The Kier molecular flexibility index (Phi) is 4.59. The molecule has 1 aromatic rings. The molecular weight excluding hydrogens is 214 g/mol. The SMILES string of the molecule is Cc1ccccc1C(CO)NC(=O)CCl. The zero-order valence-electron chi connectivity index (χ0n) is 8.53. The number of hydrogen-bond acceptors (Lipinski definition) is 2. The van der Waals surface area contributed by atoms with Crippen LogP contribution in [0.15, 0.2) is 24.3 Å². The van der Waals surface area contributed by atoms with E-state index >= 15 is 0 Å². The number of alkyl halides is 1. The predicted molar refractivity (Wildman–Crippen MR) is 59.9 cm³/mol. The summed E-state index contributed by atoms with van der Waals surface area (Å²) in [5.41, 5.74) is 1.95. The number of benzene rings is 1. The molecule has 0 spiro atoms. The Hall–Kier alpha value is -1.06. The highest BCUT2D eigenvalue weighted by atomic mass is 35.5. The van der Waals surface area contributed by atoms with Crippen LogP contribution in [0.4, 0.5) is 0 Å². The Labute approximate surface area is 94.1 Å². The molecule has 0 aliphatic carbocycles. The van der Waals surface area contributed by atoms with E-state index in [1.54, 1.807) is 0 Å². The fourth-order valence-electron chi connectivity index (χ4n) is 1.43. The first-order valence-electron chi connectivity index (χ1n) is 4.70. The molecule has 0 aromatic heterocycles. The lowest BCUT2D eigenvalue weighted by atomic mass is 10.0. The highest BCUT2D eigenvalue weighted by Crippen LogP contribution is 2.16. The van der Waals surface area contributed by atoms with Gasteiger partial charge in [0.15, 0.2) is 0 Å². The van der Waals surface area contributed by atoms with Gasteiger partial charge in [0.2, 0.25) is 5.91 Å². The minimum absolute atomic E-state index is 0.0949. The van der Waals surface area contributed by atoms with Gasteiger partial charge in [-0.15, -0.1) is 11.6 Å². The van der Waals surface area contributed by atoms with Crippen molar-refractivity contribution in [3.05, 3.63) is 35.4 Å². The quantitative estimate of drug-likeness (QED) is 0.764. The second kappa shape index (κ2) is 5.73. The van der Waals surface area contributed by atoms with Crippen LogP contribution >= 0.6 is 11.6 Å². The second-order valence-electron chi connectivity index (χ2n) is 3.29.